The predicted molar refractivity (Wildman–Crippen MR) is 43.8 cm³/mol. The average molecular weight is 197 g/mol. The number of hydrogen-bond donors (Lipinski definition) is 0. The summed E-state index contributed by atoms with van der Waals surface area (Å²) >= 11 is 4.95. The second-order valence-electron chi connectivity index (χ2n) is 2.79. The van der Waals surface area contributed by atoms with Crippen molar-refractivity contribution in [1.29, 1.82) is 0 Å². The van der Waals surface area contributed by atoms with Crippen molar-refractivity contribution in [3.63, 3.8) is 0 Å². The van der Waals surface area contributed by atoms with E-state index in [1.165, 1.54) is 14.2 Å². The monoisotopic (exact) mass is 196 g/mol. The van der Waals surface area contributed by atoms with E-state index < -0.39 is 11.4 Å². The van der Waals surface area contributed by atoms with Crippen molar-refractivity contribution >= 4 is 17.8 Å². The Morgan fingerprint density at radius 1 is 1.33 bits per heavy atom. The molecule has 0 aliphatic rings. The van der Waals surface area contributed by atoms with Crippen molar-refractivity contribution in [2.24, 2.45) is 5.41 Å². The molecule has 72 valence electrons. The molecule has 0 bridgehead atoms. The minimum Gasteiger partial charge on any atom is -0.383 e. The van der Waals surface area contributed by atoms with Crippen LogP contribution >= 0.6 is 11.9 Å². The van der Waals surface area contributed by atoms with Gasteiger partial charge in [0.15, 0.2) is 0 Å². The maximum absolute atomic E-state index is 11.1. The van der Waals surface area contributed by atoms with Crippen molar-refractivity contribution in [3.05, 3.63) is 0 Å². The quantitative estimate of drug-likeness (QED) is 0.658. The lowest BCUT2D eigenvalue weighted by Gasteiger charge is -2.23. The fourth-order valence-electron chi connectivity index (χ4n) is 0.890. The number of methoxy groups -OCH3 is 2. The molecular formula is C7H13ClO4. The summed E-state index contributed by atoms with van der Waals surface area (Å²) < 4.78 is 13.8. The van der Waals surface area contributed by atoms with E-state index in [0.29, 0.717) is 0 Å². The molecule has 0 unspecified atom stereocenters. The van der Waals surface area contributed by atoms with E-state index >= 15 is 0 Å². The number of ether oxygens (including phenoxy) is 2. The topological polar surface area (TPSA) is 44.8 Å². The van der Waals surface area contributed by atoms with Crippen LogP contribution in [0.5, 0.6) is 0 Å². The number of carbonyl (C=O) groups excluding carboxylic acids is 1. The summed E-state index contributed by atoms with van der Waals surface area (Å²) in [7, 11) is 2.99. The van der Waals surface area contributed by atoms with E-state index in [-0.39, 0.29) is 13.2 Å². The molecule has 0 heterocycles. The molecule has 4 nitrogen and oxygen atoms in total. The summed E-state index contributed by atoms with van der Waals surface area (Å²) in [5, 5.41) is 0. The smallest absolute Gasteiger partial charge is 0.335 e. The number of carbonyl (C=O) groups is 1. The van der Waals surface area contributed by atoms with Gasteiger partial charge in [-0.2, -0.15) is 0 Å². The number of hydrogen-bond acceptors (Lipinski definition) is 4. The summed E-state index contributed by atoms with van der Waals surface area (Å²) in [5.74, 6) is -0.548. The Kier molecular flexibility index (Phi) is 5.20. The van der Waals surface area contributed by atoms with Gasteiger partial charge in [-0.1, -0.05) is 0 Å². The van der Waals surface area contributed by atoms with Crippen LogP contribution in [0.2, 0.25) is 0 Å². The molecule has 0 aromatic heterocycles. The molecule has 12 heavy (non-hydrogen) atoms. The average Bonchev–Trinajstić information content (AvgIpc) is 2.04. The fraction of sp³-hybridized carbons (Fsp3) is 0.857. The van der Waals surface area contributed by atoms with Crippen LogP contribution < -0.4 is 0 Å². The molecule has 0 aliphatic carbocycles. The standard InChI is InChI=1S/C7H13ClO4/c1-7(4-10-2,5-11-3)6(9)12-8/h4-5H2,1-3H3. The summed E-state index contributed by atoms with van der Waals surface area (Å²) in [4.78, 5) is 11.1. The van der Waals surface area contributed by atoms with Crippen LogP contribution in [0.4, 0.5) is 0 Å². The third-order valence-electron chi connectivity index (χ3n) is 1.49. The zero-order valence-electron chi connectivity index (χ0n) is 7.43. The van der Waals surface area contributed by atoms with Gasteiger partial charge in [-0.05, 0) is 6.92 Å². The van der Waals surface area contributed by atoms with Crippen LogP contribution in [0.15, 0.2) is 0 Å². The van der Waals surface area contributed by atoms with Crippen LogP contribution in [0.25, 0.3) is 0 Å². The van der Waals surface area contributed by atoms with Crippen molar-refractivity contribution in [1.82, 2.24) is 0 Å². The lowest BCUT2D eigenvalue weighted by Crippen LogP contribution is -2.37. The van der Waals surface area contributed by atoms with Gasteiger partial charge in [0.25, 0.3) is 0 Å². The van der Waals surface area contributed by atoms with Gasteiger partial charge in [0, 0.05) is 14.2 Å². The Morgan fingerprint density at radius 2 is 1.75 bits per heavy atom. The minimum atomic E-state index is -0.828. The SMILES string of the molecule is COCC(C)(COC)C(=O)OCl. The van der Waals surface area contributed by atoms with Gasteiger partial charge in [0.1, 0.15) is 17.3 Å². The highest BCUT2D eigenvalue weighted by Crippen LogP contribution is 2.19. The van der Waals surface area contributed by atoms with E-state index in [2.05, 4.69) is 4.29 Å². The Bertz CT molecular complexity index is 142. The zero-order chi connectivity index (χ0) is 9.61. The first-order chi connectivity index (χ1) is 5.60. The number of halogens is 1. The van der Waals surface area contributed by atoms with E-state index in [1.54, 1.807) is 6.92 Å². The van der Waals surface area contributed by atoms with Crippen molar-refractivity contribution < 1.29 is 18.6 Å². The molecule has 0 N–H and O–H groups in total. The second kappa shape index (κ2) is 5.35. The van der Waals surface area contributed by atoms with E-state index in [1.807, 2.05) is 0 Å². The third-order valence-corrected chi connectivity index (χ3v) is 1.63. The zero-order valence-corrected chi connectivity index (χ0v) is 8.18. The maximum Gasteiger partial charge on any atom is 0.335 e. The largest absolute Gasteiger partial charge is 0.383 e. The molecule has 0 saturated carbocycles. The first kappa shape index (κ1) is 11.7. The van der Waals surface area contributed by atoms with Gasteiger partial charge in [-0.15, -0.1) is 0 Å². The molecule has 0 aliphatic heterocycles. The Labute approximate surface area is 76.9 Å². The molecule has 0 radical (unpaired) electrons. The fourth-order valence-corrected chi connectivity index (χ4v) is 1.08. The Morgan fingerprint density at radius 3 is 2.00 bits per heavy atom. The summed E-state index contributed by atoms with van der Waals surface area (Å²) in [6.45, 7) is 2.09. The molecule has 0 atom stereocenters. The highest BCUT2D eigenvalue weighted by atomic mass is 35.5. The highest BCUT2D eigenvalue weighted by molar-refractivity contribution is 6.13. The summed E-state index contributed by atoms with van der Waals surface area (Å²) in [6, 6.07) is 0. The van der Waals surface area contributed by atoms with Crippen LogP contribution in [-0.4, -0.2) is 33.4 Å². The van der Waals surface area contributed by atoms with Gasteiger partial charge < -0.3 is 13.8 Å². The molecule has 0 spiro atoms. The molecule has 0 aromatic carbocycles. The first-order valence-corrected chi connectivity index (χ1v) is 3.72. The van der Waals surface area contributed by atoms with Crippen LogP contribution in [0.1, 0.15) is 6.92 Å². The third kappa shape index (κ3) is 2.97. The number of rotatable bonds is 5. The molecular weight excluding hydrogens is 184 g/mol. The van der Waals surface area contributed by atoms with Gasteiger partial charge in [-0.25, -0.2) is 4.79 Å². The predicted octanol–water partition coefficient (Wildman–Crippen LogP) is 0.982. The Hall–Kier alpha value is -0.320. The van der Waals surface area contributed by atoms with Crippen molar-refractivity contribution in [2.75, 3.05) is 27.4 Å². The lowest BCUT2D eigenvalue weighted by molar-refractivity contribution is -0.151. The minimum absolute atomic E-state index is 0.215. The first-order valence-electron chi connectivity index (χ1n) is 3.41. The highest BCUT2D eigenvalue weighted by Gasteiger charge is 2.35. The van der Waals surface area contributed by atoms with Gasteiger partial charge in [0.2, 0.25) is 0 Å². The molecule has 0 amide bonds. The van der Waals surface area contributed by atoms with E-state index in [0.717, 1.165) is 0 Å². The van der Waals surface area contributed by atoms with Gasteiger partial charge >= 0.3 is 5.97 Å². The van der Waals surface area contributed by atoms with Gasteiger partial charge in [-0.3, -0.25) is 0 Å². The lowest BCUT2D eigenvalue weighted by atomic mass is 9.93. The Balaban J connectivity index is 4.26. The van der Waals surface area contributed by atoms with Crippen LogP contribution in [0, 0.1) is 5.41 Å². The molecule has 0 fully saturated rings. The molecule has 0 saturated heterocycles. The summed E-state index contributed by atoms with van der Waals surface area (Å²) in [5.41, 5.74) is -0.828. The molecule has 0 rings (SSSR count). The molecule has 5 heteroatoms. The van der Waals surface area contributed by atoms with E-state index in [4.69, 9.17) is 21.3 Å². The van der Waals surface area contributed by atoms with E-state index in [9.17, 15) is 4.79 Å². The maximum atomic E-state index is 11.1. The van der Waals surface area contributed by atoms with Crippen LogP contribution in [0.3, 0.4) is 0 Å². The van der Waals surface area contributed by atoms with Crippen molar-refractivity contribution in [3.8, 4) is 0 Å². The van der Waals surface area contributed by atoms with Crippen molar-refractivity contribution in [2.45, 2.75) is 6.92 Å². The normalized spacial score (nSPS) is 11.3. The molecule has 0 aromatic rings. The van der Waals surface area contributed by atoms with Crippen LogP contribution in [-0.2, 0) is 18.6 Å². The summed E-state index contributed by atoms with van der Waals surface area (Å²) in [6.07, 6.45) is 0. The van der Waals surface area contributed by atoms with Gasteiger partial charge in [0.05, 0.1) is 13.2 Å². The second-order valence-corrected chi connectivity index (χ2v) is 2.95.